The van der Waals surface area contributed by atoms with Gasteiger partial charge >= 0.3 is 0 Å². The third-order valence-electron chi connectivity index (χ3n) is 3.36. The molecule has 20 heavy (non-hydrogen) atoms. The van der Waals surface area contributed by atoms with Crippen LogP contribution in [0.1, 0.15) is 27.1 Å². The molecule has 3 rings (SSSR count). The average Bonchev–Trinajstić information content (AvgIpc) is 2.63. The maximum atomic E-state index is 12.2. The fraction of sp³-hybridized carbons (Fsp3) is 0.250. The first kappa shape index (κ1) is 12.8. The normalized spacial score (nSPS) is 24.5. The number of sulfonamides is 1. The van der Waals surface area contributed by atoms with Crippen molar-refractivity contribution in [2.24, 2.45) is 0 Å². The zero-order valence-corrected chi connectivity index (χ0v) is 11.0. The van der Waals surface area contributed by atoms with Gasteiger partial charge in [0.2, 0.25) is 10.0 Å². The van der Waals surface area contributed by atoms with Crippen LogP contribution in [0.3, 0.4) is 0 Å². The molecule has 2 aliphatic heterocycles. The van der Waals surface area contributed by atoms with Crippen LogP contribution in [0.5, 0.6) is 0 Å². The Kier molecular flexibility index (Phi) is 2.65. The van der Waals surface area contributed by atoms with E-state index in [0.29, 0.717) is 0 Å². The zero-order valence-electron chi connectivity index (χ0n) is 10.2. The molecule has 3 amide bonds. The molecule has 104 valence electrons. The molecule has 1 aromatic rings. The van der Waals surface area contributed by atoms with Gasteiger partial charge in [0.05, 0.1) is 16.9 Å². The molecule has 1 aromatic carbocycles. The number of nitrogens with one attached hydrogen (secondary N) is 1. The number of nitrogens with zero attached hydrogens (tertiary/aromatic N) is 1. The molecule has 2 aliphatic rings. The molecule has 1 N–H and O–H groups in total. The standard InChI is InChI=1S/C12H10N2O5S/c15-10-9(5-6-20(18,19)13-10)14-11(16)7-3-1-2-4-8(7)12(14)17/h1-4,9H,5-6H2,(H,13,15). The molecular weight excluding hydrogens is 284 g/mol. The third kappa shape index (κ3) is 1.80. The summed E-state index contributed by atoms with van der Waals surface area (Å²) in [7, 11) is -3.65. The van der Waals surface area contributed by atoms with Crippen LogP contribution in [0.25, 0.3) is 0 Å². The van der Waals surface area contributed by atoms with Crippen molar-refractivity contribution in [2.75, 3.05) is 5.75 Å². The van der Waals surface area contributed by atoms with Crippen LogP contribution >= 0.6 is 0 Å². The number of hydrogen-bond acceptors (Lipinski definition) is 5. The average molecular weight is 294 g/mol. The first-order valence-corrected chi connectivity index (χ1v) is 7.57. The molecule has 1 saturated heterocycles. The Hall–Kier alpha value is -2.22. The highest BCUT2D eigenvalue weighted by Gasteiger charge is 2.45. The summed E-state index contributed by atoms with van der Waals surface area (Å²) in [6.07, 6.45) is -0.0837. The Labute approximate surface area is 114 Å². The molecule has 0 aromatic heterocycles. The summed E-state index contributed by atoms with van der Waals surface area (Å²) in [5.41, 5.74) is 0.470. The molecule has 1 atom stereocenters. The van der Waals surface area contributed by atoms with Crippen molar-refractivity contribution < 1.29 is 22.8 Å². The molecule has 8 heteroatoms. The van der Waals surface area contributed by atoms with Crippen molar-refractivity contribution in [1.29, 1.82) is 0 Å². The second-order valence-electron chi connectivity index (χ2n) is 4.62. The second-order valence-corrected chi connectivity index (χ2v) is 6.46. The molecule has 0 aliphatic carbocycles. The summed E-state index contributed by atoms with van der Waals surface area (Å²) in [5, 5.41) is 0. The van der Waals surface area contributed by atoms with Gasteiger partial charge in [-0.05, 0) is 18.6 Å². The number of carbonyl (C=O) groups excluding carboxylic acids is 3. The fourth-order valence-electron chi connectivity index (χ4n) is 2.41. The van der Waals surface area contributed by atoms with E-state index in [4.69, 9.17) is 0 Å². The van der Waals surface area contributed by atoms with E-state index >= 15 is 0 Å². The summed E-state index contributed by atoms with van der Waals surface area (Å²) in [6, 6.07) is 5.18. The Morgan fingerprint density at radius 3 is 2.10 bits per heavy atom. The maximum absolute atomic E-state index is 12.2. The highest BCUT2D eigenvalue weighted by Crippen LogP contribution is 2.26. The molecule has 1 fully saturated rings. The van der Waals surface area contributed by atoms with Crippen LogP contribution in [-0.2, 0) is 14.8 Å². The van der Waals surface area contributed by atoms with Crippen molar-refractivity contribution in [3.05, 3.63) is 35.4 Å². The molecule has 0 radical (unpaired) electrons. The number of amides is 3. The highest BCUT2D eigenvalue weighted by atomic mass is 32.2. The van der Waals surface area contributed by atoms with Gasteiger partial charge in [0, 0.05) is 0 Å². The molecular formula is C12H10N2O5S. The summed E-state index contributed by atoms with van der Waals surface area (Å²) in [5.74, 6) is -2.27. The van der Waals surface area contributed by atoms with E-state index in [-0.39, 0.29) is 23.3 Å². The van der Waals surface area contributed by atoms with Crippen LogP contribution in [0, 0.1) is 0 Å². The second kappa shape index (κ2) is 4.14. The summed E-state index contributed by atoms with van der Waals surface area (Å²) >= 11 is 0. The van der Waals surface area contributed by atoms with E-state index < -0.39 is 33.8 Å². The van der Waals surface area contributed by atoms with E-state index in [1.165, 1.54) is 12.1 Å². The lowest BCUT2D eigenvalue weighted by Gasteiger charge is -2.28. The molecule has 2 heterocycles. The lowest BCUT2D eigenvalue weighted by Crippen LogP contribution is -2.55. The number of imide groups is 1. The lowest BCUT2D eigenvalue weighted by atomic mass is 10.1. The first-order chi connectivity index (χ1) is 9.41. The molecule has 7 nitrogen and oxygen atoms in total. The van der Waals surface area contributed by atoms with E-state index in [0.717, 1.165) is 4.90 Å². The maximum Gasteiger partial charge on any atom is 0.262 e. The minimum Gasteiger partial charge on any atom is -0.272 e. The van der Waals surface area contributed by atoms with Crippen molar-refractivity contribution in [3.8, 4) is 0 Å². The van der Waals surface area contributed by atoms with Crippen molar-refractivity contribution in [1.82, 2.24) is 9.62 Å². The van der Waals surface area contributed by atoms with Gasteiger partial charge in [-0.3, -0.25) is 24.0 Å². The highest BCUT2D eigenvalue weighted by molar-refractivity contribution is 7.90. The summed E-state index contributed by atoms with van der Waals surface area (Å²) in [6.45, 7) is 0. The molecule has 0 saturated carbocycles. The van der Waals surface area contributed by atoms with Gasteiger partial charge < -0.3 is 0 Å². The Balaban J connectivity index is 1.96. The minimum absolute atomic E-state index is 0.0837. The fourth-order valence-corrected chi connectivity index (χ4v) is 3.49. The van der Waals surface area contributed by atoms with Gasteiger partial charge in [-0.25, -0.2) is 8.42 Å². The van der Waals surface area contributed by atoms with Crippen molar-refractivity contribution >= 4 is 27.7 Å². The topological polar surface area (TPSA) is 101 Å². The van der Waals surface area contributed by atoms with Gasteiger partial charge in [-0.2, -0.15) is 0 Å². The van der Waals surface area contributed by atoms with Gasteiger partial charge in [0.25, 0.3) is 17.7 Å². The van der Waals surface area contributed by atoms with E-state index in [1.807, 2.05) is 4.72 Å². The number of benzene rings is 1. The largest absolute Gasteiger partial charge is 0.272 e. The SMILES string of the molecule is O=C1NS(=O)(=O)CCC1N1C(=O)c2ccccc2C1=O. The van der Waals surface area contributed by atoms with Gasteiger partial charge in [-0.15, -0.1) is 0 Å². The van der Waals surface area contributed by atoms with Crippen LogP contribution in [0.4, 0.5) is 0 Å². The molecule has 0 bridgehead atoms. The van der Waals surface area contributed by atoms with Crippen LogP contribution < -0.4 is 4.72 Å². The zero-order chi connectivity index (χ0) is 14.5. The van der Waals surface area contributed by atoms with Crippen LogP contribution in [-0.4, -0.2) is 42.8 Å². The number of rotatable bonds is 1. The number of carbonyl (C=O) groups is 3. The predicted octanol–water partition coefficient (Wildman–Crippen LogP) is -0.499. The third-order valence-corrected chi connectivity index (χ3v) is 4.64. The Morgan fingerprint density at radius 1 is 1.05 bits per heavy atom. The molecule has 0 spiro atoms. The number of hydrogen-bond donors (Lipinski definition) is 1. The Morgan fingerprint density at radius 2 is 1.60 bits per heavy atom. The predicted molar refractivity (Wildman–Crippen MR) is 67.3 cm³/mol. The van der Waals surface area contributed by atoms with Crippen LogP contribution in [0.2, 0.25) is 0 Å². The monoisotopic (exact) mass is 294 g/mol. The molecule has 1 unspecified atom stereocenters. The van der Waals surface area contributed by atoms with Gasteiger partial charge in [0.1, 0.15) is 6.04 Å². The lowest BCUT2D eigenvalue weighted by molar-refractivity contribution is -0.123. The van der Waals surface area contributed by atoms with Crippen LogP contribution in [0.15, 0.2) is 24.3 Å². The smallest absolute Gasteiger partial charge is 0.262 e. The van der Waals surface area contributed by atoms with Crippen molar-refractivity contribution in [2.45, 2.75) is 12.5 Å². The van der Waals surface area contributed by atoms with Gasteiger partial charge in [-0.1, -0.05) is 12.1 Å². The minimum atomic E-state index is -3.65. The summed E-state index contributed by atoms with van der Waals surface area (Å²) < 4.78 is 24.4. The number of fused-ring (bicyclic) bond motifs is 1. The summed E-state index contributed by atoms with van der Waals surface area (Å²) in [4.78, 5) is 37.0. The van der Waals surface area contributed by atoms with E-state index in [1.54, 1.807) is 12.1 Å². The van der Waals surface area contributed by atoms with E-state index in [2.05, 4.69) is 0 Å². The quantitative estimate of drug-likeness (QED) is 0.704. The first-order valence-electron chi connectivity index (χ1n) is 5.92. The van der Waals surface area contributed by atoms with E-state index in [9.17, 15) is 22.8 Å². The Bertz CT molecular complexity index is 705. The van der Waals surface area contributed by atoms with Crippen molar-refractivity contribution in [3.63, 3.8) is 0 Å². The van der Waals surface area contributed by atoms with Gasteiger partial charge in [0.15, 0.2) is 0 Å².